The monoisotopic (exact) mass is 494 g/mol. The van der Waals surface area contributed by atoms with Crippen LogP contribution in [0.5, 0.6) is 5.75 Å². The molecule has 27 heavy (non-hydrogen) atoms. The smallest absolute Gasteiger partial charge is 0.339 e. The van der Waals surface area contributed by atoms with E-state index in [2.05, 4.69) is 42.2 Å². The maximum Gasteiger partial charge on any atom is 0.339 e. The fraction of sp³-hybridized carbons (Fsp3) is 0.211. The van der Waals surface area contributed by atoms with Crippen LogP contribution in [0.4, 0.5) is 5.82 Å². The van der Waals surface area contributed by atoms with Crippen LogP contribution in [0.2, 0.25) is 0 Å². The summed E-state index contributed by atoms with van der Waals surface area (Å²) in [5.41, 5.74) is 1.88. The summed E-state index contributed by atoms with van der Waals surface area (Å²) in [6.07, 6.45) is 3.06. The Labute approximate surface area is 172 Å². The Hall–Kier alpha value is -2.19. The fourth-order valence-corrected chi connectivity index (χ4v) is 3.70. The summed E-state index contributed by atoms with van der Waals surface area (Å²) in [6, 6.07) is 4.97. The van der Waals surface area contributed by atoms with Crippen molar-refractivity contribution >= 4 is 61.2 Å². The van der Waals surface area contributed by atoms with Gasteiger partial charge in [0.2, 0.25) is 0 Å². The van der Waals surface area contributed by atoms with Crippen LogP contribution >= 0.6 is 31.9 Å². The molecule has 1 aromatic heterocycles. The summed E-state index contributed by atoms with van der Waals surface area (Å²) in [4.78, 5) is 28.7. The Balaban J connectivity index is 1.97. The Morgan fingerprint density at radius 1 is 1.30 bits per heavy atom. The zero-order valence-corrected chi connectivity index (χ0v) is 17.7. The van der Waals surface area contributed by atoms with Crippen LogP contribution in [0.15, 0.2) is 33.3 Å². The quantitative estimate of drug-likeness (QED) is 0.477. The number of anilines is 1. The van der Waals surface area contributed by atoms with Gasteiger partial charge in [-0.1, -0.05) is 13.8 Å². The summed E-state index contributed by atoms with van der Waals surface area (Å²) in [5, 5.41) is 12.5. The van der Waals surface area contributed by atoms with E-state index in [0.29, 0.717) is 38.1 Å². The number of amides is 1. The average molecular weight is 496 g/mol. The third-order valence-corrected chi connectivity index (χ3v) is 5.00. The van der Waals surface area contributed by atoms with Crippen molar-refractivity contribution in [3.8, 4) is 5.75 Å². The van der Waals surface area contributed by atoms with Gasteiger partial charge in [0.1, 0.15) is 11.6 Å². The number of rotatable bonds is 4. The first-order valence-electron chi connectivity index (χ1n) is 8.15. The highest BCUT2D eigenvalue weighted by Gasteiger charge is 2.27. The number of aromatic nitrogens is 1. The molecule has 0 unspecified atom stereocenters. The van der Waals surface area contributed by atoms with E-state index < -0.39 is 5.97 Å². The van der Waals surface area contributed by atoms with Gasteiger partial charge in [-0.25, -0.2) is 9.78 Å². The first-order valence-corrected chi connectivity index (χ1v) is 9.73. The summed E-state index contributed by atoms with van der Waals surface area (Å²) in [5.74, 6) is -0.103. The lowest BCUT2D eigenvalue weighted by atomic mass is 10.0. The number of carbonyl (C=O) groups excluding carboxylic acids is 2. The van der Waals surface area contributed by atoms with Crippen molar-refractivity contribution in [1.29, 1.82) is 0 Å². The number of phenolic OH excluding ortho intramolecular Hbond substituents is 1. The molecule has 140 valence electrons. The molecule has 0 saturated heterocycles. The SMILES string of the molecule is CC(C)COC(=O)c1cnc2c(c1)/C(=C/c1cc(Br)c(O)c(Br)c1)C(=O)N2. The fourth-order valence-electron chi connectivity index (χ4n) is 2.48. The zero-order valence-electron chi connectivity index (χ0n) is 14.5. The minimum absolute atomic E-state index is 0.0743. The second kappa shape index (κ2) is 7.82. The Morgan fingerprint density at radius 2 is 1.96 bits per heavy atom. The lowest BCUT2D eigenvalue weighted by Gasteiger charge is -2.08. The van der Waals surface area contributed by atoms with Crippen molar-refractivity contribution in [1.82, 2.24) is 4.98 Å². The van der Waals surface area contributed by atoms with Gasteiger partial charge in [0.15, 0.2) is 0 Å². The number of ether oxygens (including phenoxy) is 1. The summed E-state index contributed by atoms with van der Waals surface area (Å²) < 4.78 is 6.21. The average Bonchev–Trinajstić information content (AvgIpc) is 2.92. The number of phenols is 1. The van der Waals surface area contributed by atoms with Crippen LogP contribution in [-0.2, 0) is 9.53 Å². The third kappa shape index (κ3) is 4.22. The van der Waals surface area contributed by atoms with E-state index in [0.717, 1.165) is 0 Å². The number of aromatic hydroxyl groups is 1. The van der Waals surface area contributed by atoms with Crippen LogP contribution in [0, 0.1) is 5.92 Å². The molecular weight excluding hydrogens is 480 g/mol. The van der Waals surface area contributed by atoms with Crippen LogP contribution in [0.1, 0.15) is 35.3 Å². The number of carbonyl (C=O) groups is 2. The van der Waals surface area contributed by atoms with Gasteiger partial charge in [0, 0.05) is 11.8 Å². The molecule has 0 spiro atoms. The molecule has 0 bridgehead atoms. The first kappa shape index (κ1) is 19.6. The van der Waals surface area contributed by atoms with E-state index >= 15 is 0 Å². The van der Waals surface area contributed by atoms with E-state index in [9.17, 15) is 14.7 Å². The molecular formula is C19H16Br2N2O4. The van der Waals surface area contributed by atoms with Crippen molar-refractivity contribution < 1.29 is 19.4 Å². The minimum atomic E-state index is -0.479. The molecule has 2 aromatic rings. The molecule has 0 saturated carbocycles. The number of hydrogen-bond donors (Lipinski definition) is 2. The number of nitrogens with one attached hydrogen (secondary N) is 1. The molecule has 0 fully saturated rings. The van der Waals surface area contributed by atoms with Crippen LogP contribution in [-0.4, -0.2) is 28.6 Å². The van der Waals surface area contributed by atoms with Gasteiger partial charge in [-0.05, 0) is 67.6 Å². The van der Waals surface area contributed by atoms with Gasteiger partial charge in [0.25, 0.3) is 5.91 Å². The minimum Gasteiger partial charge on any atom is -0.506 e. The third-order valence-electron chi connectivity index (χ3n) is 3.79. The van der Waals surface area contributed by atoms with Crippen LogP contribution < -0.4 is 5.32 Å². The van der Waals surface area contributed by atoms with Crippen molar-refractivity contribution in [2.75, 3.05) is 11.9 Å². The van der Waals surface area contributed by atoms with Gasteiger partial charge in [-0.3, -0.25) is 4.79 Å². The molecule has 1 amide bonds. The highest BCUT2D eigenvalue weighted by molar-refractivity contribution is 9.11. The number of esters is 1. The number of fused-ring (bicyclic) bond motifs is 1. The lowest BCUT2D eigenvalue weighted by molar-refractivity contribution is -0.110. The lowest BCUT2D eigenvalue weighted by Crippen LogP contribution is -2.10. The predicted octanol–water partition coefficient (Wildman–Crippen LogP) is 4.62. The molecule has 0 atom stereocenters. The molecule has 1 aliphatic heterocycles. The largest absolute Gasteiger partial charge is 0.506 e. The standard InChI is InChI=1S/C19H16Br2N2O4/c1-9(2)8-27-19(26)11-6-12-13(18(25)23-17(12)22-7-11)3-10-4-14(20)16(24)15(21)5-10/h3-7,9,24H,8H2,1-2H3,(H,22,23,25)/b13-3-. The molecule has 0 aliphatic carbocycles. The Kier molecular flexibility index (Phi) is 5.67. The van der Waals surface area contributed by atoms with Gasteiger partial charge in [0.05, 0.1) is 26.7 Å². The number of halogens is 2. The maximum atomic E-state index is 12.4. The molecule has 8 heteroatoms. The summed E-state index contributed by atoms with van der Waals surface area (Å²) in [7, 11) is 0. The zero-order chi connectivity index (χ0) is 19.7. The summed E-state index contributed by atoms with van der Waals surface area (Å²) >= 11 is 6.54. The normalized spacial score (nSPS) is 14.4. The molecule has 2 heterocycles. The molecule has 6 nitrogen and oxygen atoms in total. The van der Waals surface area contributed by atoms with Crippen molar-refractivity contribution in [3.05, 3.63) is 50.0 Å². The van der Waals surface area contributed by atoms with Gasteiger partial charge >= 0.3 is 5.97 Å². The Morgan fingerprint density at radius 3 is 2.59 bits per heavy atom. The second-order valence-corrected chi connectivity index (χ2v) is 8.17. The van der Waals surface area contributed by atoms with Crippen molar-refractivity contribution in [2.24, 2.45) is 5.92 Å². The van der Waals surface area contributed by atoms with E-state index in [4.69, 9.17) is 4.74 Å². The molecule has 3 rings (SSSR count). The van der Waals surface area contributed by atoms with E-state index in [-0.39, 0.29) is 23.1 Å². The number of benzene rings is 1. The second-order valence-electron chi connectivity index (χ2n) is 6.46. The molecule has 0 radical (unpaired) electrons. The predicted molar refractivity (Wildman–Crippen MR) is 109 cm³/mol. The summed E-state index contributed by atoms with van der Waals surface area (Å²) in [6.45, 7) is 4.21. The van der Waals surface area contributed by atoms with Crippen molar-refractivity contribution in [2.45, 2.75) is 13.8 Å². The van der Waals surface area contributed by atoms with E-state index in [1.54, 1.807) is 24.3 Å². The number of nitrogens with zero attached hydrogens (tertiary/aromatic N) is 1. The Bertz CT molecular complexity index is 947. The number of pyridine rings is 1. The van der Waals surface area contributed by atoms with Crippen molar-refractivity contribution in [3.63, 3.8) is 0 Å². The van der Waals surface area contributed by atoms with E-state index in [1.165, 1.54) is 6.20 Å². The molecule has 2 N–H and O–H groups in total. The van der Waals surface area contributed by atoms with Crippen LogP contribution in [0.3, 0.4) is 0 Å². The maximum absolute atomic E-state index is 12.4. The van der Waals surface area contributed by atoms with Crippen LogP contribution in [0.25, 0.3) is 11.6 Å². The topological polar surface area (TPSA) is 88.5 Å². The highest BCUT2D eigenvalue weighted by atomic mass is 79.9. The van der Waals surface area contributed by atoms with Gasteiger partial charge < -0.3 is 15.2 Å². The molecule has 1 aliphatic rings. The van der Waals surface area contributed by atoms with Gasteiger partial charge in [-0.15, -0.1) is 0 Å². The van der Waals surface area contributed by atoms with E-state index in [1.807, 2.05) is 13.8 Å². The van der Waals surface area contributed by atoms with Gasteiger partial charge in [-0.2, -0.15) is 0 Å². The highest BCUT2D eigenvalue weighted by Crippen LogP contribution is 2.36. The first-order chi connectivity index (χ1) is 12.8. The number of hydrogen-bond acceptors (Lipinski definition) is 5. The molecule has 1 aromatic carbocycles.